The first kappa shape index (κ1) is 23.9. The SMILES string of the molecule is CCOc1ccc(C2=C(/C=N\NC(=O)c3ccncc3)[C@@H](c3ccc(F)cc3)c3ccccc3O2)cc1. The van der Waals surface area contributed by atoms with Crippen LogP contribution in [0.1, 0.15) is 39.9 Å². The van der Waals surface area contributed by atoms with Gasteiger partial charge in [0, 0.05) is 40.6 Å². The van der Waals surface area contributed by atoms with E-state index in [0.29, 0.717) is 29.3 Å². The van der Waals surface area contributed by atoms with Crippen LogP contribution < -0.4 is 14.9 Å². The molecule has 1 N–H and O–H groups in total. The molecule has 1 aliphatic heterocycles. The molecule has 0 saturated heterocycles. The summed E-state index contributed by atoms with van der Waals surface area (Å²) in [4.78, 5) is 16.5. The smallest absolute Gasteiger partial charge is 0.271 e. The highest BCUT2D eigenvalue weighted by Gasteiger charge is 2.31. The van der Waals surface area contributed by atoms with E-state index in [2.05, 4.69) is 15.5 Å². The second kappa shape index (κ2) is 10.9. The molecule has 0 fully saturated rings. The van der Waals surface area contributed by atoms with Crippen molar-refractivity contribution in [2.24, 2.45) is 5.10 Å². The van der Waals surface area contributed by atoms with Crippen molar-refractivity contribution >= 4 is 17.9 Å². The molecule has 5 rings (SSSR count). The largest absolute Gasteiger partial charge is 0.494 e. The summed E-state index contributed by atoms with van der Waals surface area (Å²) in [5.41, 5.74) is 6.32. The number of halogens is 1. The number of pyridine rings is 1. The Balaban J connectivity index is 1.60. The van der Waals surface area contributed by atoms with Crippen LogP contribution in [0.3, 0.4) is 0 Å². The van der Waals surface area contributed by atoms with E-state index in [1.54, 1.807) is 42.9 Å². The molecule has 184 valence electrons. The van der Waals surface area contributed by atoms with Gasteiger partial charge in [-0.3, -0.25) is 9.78 Å². The number of aromatic nitrogens is 1. The number of hydrogen-bond donors (Lipinski definition) is 1. The first-order chi connectivity index (χ1) is 18.1. The summed E-state index contributed by atoms with van der Waals surface area (Å²) in [7, 11) is 0. The zero-order valence-corrected chi connectivity index (χ0v) is 20.1. The van der Waals surface area contributed by atoms with Crippen LogP contribution in [0.4, 0.5) is 4.39 Å². The fourth-order valence-electron chi connectivity index (χ4n) is 4.25. The molecule has 7 heteroatoms. The number of ether oxygens (including phenoxy) is 2. The summed E-state index contributed by atoms with van der Waals surface area (Å²) in [6, 6.07) is 24.9. The Morgan fingerprint density at radius 2 is 1.76 bits per heavy atom. The van der Waals surface area contributed by atoms with Gasteiger partial charge in [0.05, 0.1) is 12.8 Å². The number of carbonyl (C=O) groups excluding carboxylic acids is 1. The van der Waals surface area contributed by atoms with E-state index in [1.807, 2.05) is 55.5 Å². The Bertz CT molecular complexity index is 1450. The number of fused-ring (bicyclic) bond motifs is 1. The predicted octanol–water partition coefficient (Wildman–Crippen LogP) is 5.97. The van der Waals surface area contributed by atoms with Gasteiger partial charge in [0.15, 0.2) is 0 Å². The number of rotatable bonds is 7. The number of hydrazone groups is 1. The van der Waals surface area contributed by atoms with Crippen LogP contribution >= 0.6 is 0 Å². The highest BCUT2D eigenvalue weighted by atomic mass is 19.1. The van der Waals surface area contributed by atoms with Gasteiger partial charge in [-0.25, -0.2) is 9.82 Å². The molecule has 4 aromatic rings. The Morgan fingerprint density at radius 1 is 1.03 bits per heavy atom. The molecular weight excluding hydrogens is 469 g/mol. The third kappa shape index (κ3) is 5.26. The van der Waals surface area contributed by atoms with E-state index in [-0.39, 0.29) is 17.6 Å². The first-order valence-corrected chi connectivity index (χ1v) is 11.9. The number of allylic oxidation sites excluding steroid dienone is 1. The van der Waals surface area contributed by atoms with E-state index >= 15 is 0 Å². The van der Waals surface area contributed by atoms with Crippen molar-refractivity contribution in [1.29, 1.82) is 0 Å². The minimum absolute atomic E-state index is 0.311. The zero-order valence-electron chi connectivity index (χ0n) is 20.1. The molecule has 0 unspecified atom stereocenters. The molecule has 0 aliphatic carbocycles. The van der Waals surface area contributed by atoms with Crippen LogP contribution in [0.5, 0.6) is 11.5 Å². The molecule has 0 radical (unpaired) electrons. The van der Waals surface area contributed by atoms with Gasteiger partial charge >= 0.3 is 0 Å². The lowest BCUT2D eigenvalue weighted by molar-refractivity contribution is 0.0955. The number of carbonyl (C=O) groups is 1. The number of benzene rings is 3. The lowest BCUT2D eigenvalue weighted by Gasteiger charge is -2.30. The maximum Gasteiger partial charge on any atom is 0.271 e. The van der Waals surface area contributed by atoms with E-state index in [4.69, 9.17) is 9.47 Å². The van der Waals surface area contributed by atoms with Crippen molar-refractivity contribution in [3.8, 4) is 11.5 Å². The lowest BCUT2D eigenvalue weighted by Crippen LogP contribution is -2.21. The van der Waals surface area contributed by atoms with Gasteiger partial charge in [-0.15, -0.1) is 0 Å². The average Bonchev–Trinajstić information content (AvgIpc) is 2.94. The normalized spacial score (nSPS) is 14.7. The summed E-state index contributed by atoms with van der Waals surface area (Å²) in [5.74, 6) is 1.03. The molecule has 1 aliphatic rings. The highest BCUT2D eigenvalue weighted by molar-refractivity contribution is 5.97. The molecule has 1 atom stereocenters. The molecular formula is C30H24FN3O3. The van der Waals surface area contributed by atoms with Crippen molar-refractivity contribution in [1.82, 2.24) is 10.4 Å². The lowest BCUT2D eigenvalue weighted by atomic mass is 9.81. The van der Waals surface area contributed by atoms with Crippen LogP contribution in [-0.4, -0.2) is 23.7 Å². The van der Waals surface area contributed by atoms with Gasteiger partial charge in [0.2, 0.25) is 0 Å². The Hall–Kier alpha value is -4.78. The summed E-state index contributed by atoms with van der Waals surface area (Å²) in [6.07, 6.45) is 4.68. The highest BCUT2D eigenvalue weighted by Crippen LogP contribution is 2.45. The summed E-state index contributed by atoms with van der Waals surface area (Å²) >= 11 is 0. The maximum absolute atomic E-state index is 13.8. The molecule has 0 spiro atoms. The maximum atomic E-state index is 13.8. The van der Waals surface area contributed by atoms with Crippen LogP contribution in [0, 0.1) is 5.82 Å². The zero-order chi connectivity index (χ0) is 25.6. The van der Waals surface area contributed by atoms with Crippen LogP contribution in [-0.2, 0) is 0 Å². The van der Waals surface area contributed by atoms with Crippen molar-refractivity contribution in [2.45, 2.75) is 12.8 Å². The summed E-state index contributed by atoms with van der Waals surface area (Å²) in [5, 5.41) is 4.28. The van der Waals surface area contributed by atoms with E-state index in [0.717, 1.165) is 22.4 Å². The monoisotopic (exact) mass is 493 g/mol. The number of nitrogens with zero attached hydrogens (tertiary/aromatic N) is 2. The van der Waals surface area contributed by atoms with Crippen LogP contribution in [0.25, 0.3) is 5.76 Å². The van der Waals surface area contributed by atoms with Crippen molar-refractivity contribution in [3.05, 3.63) is 131 Å². The Labute approximate surface area is 214 Å². The van der Waals surface area contributed by atoms with Crippen LogP contribution in [0.2, 0.25) is 0 Å². The van der Waals surface area contributed by atoms with Gasteiger partial charge in [-0.05, 0) is 67.1 Å². The number of amides is 1. The van der Waals surface area contributed by atoms with Gasteiger partial charge < -0.3 is 9.47 Å². The number of hydrogen-bond acceptors (Lipinski definition) is 5. The molecule has 37 heavy (non-hydrogen) atoms. The fourth-order valence-corrected chi connectivity index (χ4v) is 4.25. The Kier molecular flexibility index (Phi) is 7.03. The van der Waals surface area contributed by atoms with E-state index in [9.17, 15) is 9.18 Å². The topological polar surface area (TPSA) is 72.8 Å². The van der Waals surface area contributed by atoms with Gasteiger partial charge in [-0.2, -0.15) is 5.10 Å². The minimum atomic E-state index is -0.364. The predicted molar refractivity (Wildman–Crippen MR) is 140 cm³/mol. The van der Waals surface area contributed by atoms with Crippen molar-refractivity contribution in [3.63, 3.8) is 0 Å². The van der Waals surface area contributed by atoms with Gasteiger partial charge in [-0.1, -0.05) is 30.3 Å². The second-order valence-corrected chi connectivity index (χ2v) is 8.30. The number of nitrogens with one attached hydrogen (secondary N) is 1. The van der Waals surface area contributed by atoms with Crippen molar-refractivity contribution in [2.75, 3.05) is 6.61 Å². The fraction of sp³-hybridized carbons (Fsp3) is 0.100. The molecule has 6 nitrogen and oxygen atoms in total. The van der Waals surface area contributed by atoms with Gasteiger partial charge in [0.1, 0.15) is 23.1 Å². The van der Waals surface area contributed by atoms with E-state index < -0.39 is 0 Å². The average molecular weight is 494 g/mol. The number of para-hydroxylation sites is 1. The molecule has 2 heterocycles. The Morgan fingerprint density at radius 3 is 2.49 bits per heavy atom. The summed E-state index contributed by atoms with van der Waals surface area (Å²) < 4.78 is 25.8. The molecule has 3 aromatic carbocycles. The van der Waals surface area contributed by atoms with E-state index in [1.165, 1.54) is 12.1 Å². The molecule has 0 bridgehead atoms. The molecule has 1 amide bonds. The van der Waals surface area contributed by atoms with Gasteiger partial charge in [0.25, 0.3) is 5.91 Å². The third-order valence-electron chi connectivity index (χ3n) is 5.96. The molecule has 0 saturated carbocycles. The second-order valence-electron chi connectivity index (χ2n) is 8.30. The third-order valence-corrected chi connectivity index (χ3v) is 5.96. The van der Waals surface area contributed by atoms with Crippen LogP contribution in [0.15, 0.2) is 108 Å². The van der Waals surface area contributed by atoms with Crippen molar-refractivity contribution < 1.29 is 18.7 Å². The minimum Gasteiger partial charge on any atom is -0.494 e. The summed E-state index contributed by atoms with van der Waals surface area (Å²) in [6.45, 7) is 2.49. The standard InChI is InChI=1S/C30H24FN3O3/c1-2-36-24-13-9-21(10-14-24)29-26(19-33-34-30(35)22-15-17-32-18-16-22)28(20-7-11-23(31)12-8-20)25-5-3-4-6-27(25)37-29/h3-19,28H,2H2,1H3,(H,34,35)/b33-19-/t28-/m0/s1. The first-order valence-electron chi connectivity index (χ1n) is 11.9. The molecule has 1 aromatic heterocycles. The quantitative estimate of drug-likeness (QED) is 0.254.